The number of nitrogens with zero attached hydrogens (tertiary/aromatic N) is 1. The normalized spacial score (nSPS) is 18.7. The van der Waals surface area contributed by atoms with Crippen molar-refractivity contribution in [1.82, 2.24) is 10.2 Å². The average molecular weight is 479 g/mol. The van der Waals surface area contributed by atoms with E-state index in [1.165, 1.54) is 27.2 Å². The van der Waals surface area contributed by atoms with Gasteiger partial charge in [0.15, 0.2) is 0 Å². The van der Waals surface area contributed by atoms with Crippen LogP contribution < -0.4 is 5.32 Å². The Labute approximate surface area is 206 Å². The predicted octanol–water partition coefficient (Wildman–Crippen LogP) is 4.65. The molecule has 35 heavy (non-hydrogen) atoms. The SMILES string of the molecule is CC(C)N(CC(=O)O)C(=O)CC1CCC(CNC(=O)OCC2c3ccccc3-c3ccccc32)C1. The van der Waals surface area contributed by atoms with Gasteiger partial charge in [-0.15, -0.1) is 0 Å². The van der Waals surface area contributed by atoms with Crippen molar-refractivity contribution in [3.8, 4) is 11.1 Å². The zero-order valence-electron chi connectivity index (χ0n) is 20.4. The zero-order valence-corrected chi connectivity index (χ0v) is 20.4. The van der Waals surface area contributed by atoms with E-state index in [0.29, 0.717) is 18.9 Å². The Balaban J connectivity index is 1.23. The molecule has 2 aliphatic rings. The molecule has 2 atom stereocenters. The van der Waals surface area contributed by atoms with Crippen LogP contribution in [0.15, 0.2) is 48.5 Å². The second-order valence-electron chi connectivity index (χ2n) is 9.96. The van der Waals surface area contributed by atoms with E-state index in [0.717, 1.165) is 19.3 Å². The zero-order chi connectivity index (χ0) is 24.9. The molecule has 0 spiro atoms. The topological polar surface area (TPSA) is 95.9 Å². The van der Waals surface area contributed by atoms with Crippen LogP contribution in [-0.2, 0) is 14.3 Å². The van der Waals surface area contributed by atoms with Crippen molar-refractivity contribution in [2.45, 2.75) is 51.5 Å². The van der Waals surface area contributed by atoms with Crippen molar-refractivity contribution >= 4 is 18.0 Å². The average Bonchev–Trinajstić information content (AvgIpc) is 3.41. The quantitative estimate of drug-likeness (QED) is 0.547. The van der Waals surface area contributed by atoms with Crippen molar-refractivity contribution in [3.63, 3.8) is 0 Å². The van der Waals surface area contributed by atoms with E-state index in [4.69, 9.17) is 9.84 Å². The Morgan fingerprint density at radius 2 is 1.60 bits per heavy atom. The van der Waals surface area contributed by atoms with Crippen molar-refractivity contribution in [1.29, 1.82) is 0 Å². The second kappa shape index (κ2) is 10.9. The highest BCUT2D eigenvalue weighted by Crippen LogP contribution is 2.44. The Hall–Kier alpha value is -3.35. The molecule has 2 amide bonds. The number of carboxylic acids is 1. The molecule has 7 nitrogen and oxygen atoms in total. The number of carboxylic acid groups (broad SMARTS) is 1. The van der Waals surface area contributed by atoms with E-state index in [1.807, 2.05) is 38.1 Å². The molecule has 0 aromatic heterocycles. The number of carbonyl (C=O) groups excluding carboxylic acids is 2. The number of fused-ring (bicyclic) bond motifs is 3. The van der Waals surface area contributed by atoms with Crippen LogP contribution in [-0.4, -0.2) is 53.7 Å². The van der Waals surface area contributed by atoms with Gasteiger partial charge in [0.25, 0.3) is 0 Å². The highest BCUT2D eigenvalue weighted by molar-refractivity contribution is 5.82. The number of hydrogen-bond acceptors (Lipinski definition) is 4. The molecule has 2 aliphatic carbocycles. The van der Waals surface area contributed by atoms with Gasteiger partial charge >= 0.3 is 12.1 Å². The van der Waals surface area contributed by atoms with Crippen LogP contribution in [0.4, 0.5) is 4.79 Å². The van der Waals surface area contributed by atoms with E-state index in [2.05, 4.69) is 29.6 Å². The monoisotopic (exact) mass is 478 g/mol. The molecule has 4 rings (SSSR count). The molecule has 0 saturated heterocycles. The number of benzene rings is 2. The molecular formula is C28H34N2O5. The molecule has 0 aliphatic heterocycles. The fourth-order valence-corrected chi connectivity index (χ4v) is 5.50. The van der Waals surface area contributed by atoms with Crippen LogP contribution in [0, 0.1) is 11.8 Å². The van der Waals surface area contributed by atoms with Gasteiger partial charge in [-0.25, -0.2) is 4.79 Å². The molecular weight excluding hydrogens is 444 g/mol. The Bertz CT molecular complexity index is 1040. The number of alkyl carbamates (subject to hydrolysis) is 1. The lowest BCUT2D eigenvalue weighted by molar-refractivity contribution is -0.146. The van der Waals surface area contributed by atoms with Crippen LogP contribution in [0.25, 0.3) is 11.1 Å². The third kappa shape index (κ3) is 5.84. The first-order valence-corrected chi connectivity index (χ1v) is 12.4. The molecule has 0 radical (unpaired) electrons. The summed E-state index contributed by atoms with van der Waals surface area (Å²) in [6.07, 6.45) is 2.62. The fourth-order valence-electron chi connectivity index (χ4n) is 5.50. The number of rotatable bonds is 9. The van der Waals surface area contributed by atoms with E-state index >= 15 is 0 Å². The van der Waals surface area contributed by atoms with Gasteiger partial charge in [0, 0.05) is 24.9 Å². The highest BCUT2D eigenvalue weighted by Gasteiger charge is 2.31. The third-order valence-electron chi connectivity index (χ3n) is 7.24. The summed E-state index contributed by atoms with van der Waals surface area (Å²) in [6.45, 7) is 4.20. The molecule has 2 N–H and O–H groups in total. The summed E-state index contributed by atoms with van der Waals surface area (Å²) in [5.74, 6) is -0.571. The maximum Gasteiger partial charge on any atom is 0.407 e. The predicted molar refractivity (Wildman–Crippen MR) is 133 cm³/mol. The lowest BCUT2D eigenvalue weighted by Gasteiger charge is -2.26. The lowest BCUT2D eigenvalue weighted by Crippen LogP contribution is -2.41. The number of ether oxygens (including phenoxy) is 1. The van der Waals surface area contributed by atoms with Gasteiger partial charge in [0.2, 0.25) is 5.91 Å². The fraction of sp³-hybridized carbons (Fsp3) is 0.464. The van der Waals surface area contributed by atoms with Crippen molar-refractivity contribution in [3.05, 3.63) is 59.7 Å². The van der Waals surface area contributed by atoms with E-state index in [9.17, 15) is 14.4 Å². The van der Waals surface area contributed by atoms with E-state index < -0.39 is 12.1 Å². The van der Waals surface area contributed by atoms with Crippen LogP contribution in [0.1, 0.15) is 56.6 Å². The summed E-state index contributed by atoms with van der Waals surface area (Å²) in [7, 11) is 0. The minimum Gasteiger partial charge on any atom is -0.480 e. The van der Waals surface area contributed by atoms with Crippen LogP contribution >= 0.6 is 0 Å². The van der Waals surface area contributed by atoms with Crippen LogP contribution in [0.3, 0.4) is 0 Å². The lowest BCUT2D eigenvalue weighted by atomic mass is 9.98. The molecule has 2 aromatic carbocycles. The number of hydrogen-bond donors (Lipinski definition) is 2. The molecule has 1 saturated carbocycles. The molecule has 2 aromatic rings. The molecule has 186 valence electrons. The molecule has 0 heterocycles. The van der Waals surface area contributed by atoms with E-state index in [-0.39, 0.29) is 36.9 Å². The third-order valence-corrected chi connectivity index (χ3v) is 7.24. The van der Waals surface area contributed by atoms with Crippen molar-refractivity contribution in [2.75, 3.05) is 19.7 Å². The van der Waals surface area contributed by atoms with Gasteiger partial charge in [-0.2, -0.15) is 0 Å². The van der Waals surface area contributed by atoms with Crippen molar-refractivity contribution < 1.29 is 24.2 Å². The second-order valence-corrected chi connectivity index (χ2v) is 9.96. The number of nitrogens with one attached hydrogen (secondary N) is 1. The summed E-state index contributed by atoms with van der Waals surface area (Å²) >= 11 is 0. The maximum absolute atomic E-state index is 12.6. The number of carbonyl (C=O) groups is 3. The summed E-state index contributed by atoms with van der Waals surface area (Å²) in [4.78, 5) is 37.6. The first-order valence-electron chi connectivity index (χ1n) is 12.4. The summed E-state index contributed by atoms with van der Waals surface area (Å²) in [5, 5.41) is 12.0. The van der Waals surface area contributed by atoms with Gasteiger partial charge in [-0.05, 0) is 67.2 Å². The first kappa shape index (κ1) is 24.8. The van der Waals surface area contributed by atoms with Crippen molar-refractivity contribution in [2.24, 2.45) is 11.8 Å². The van der Waals surface area contributed by atoms with Gasteiger partial charge in [-0.1, -0.05) is 48.5 Å². The van der Waals surface area contributed by atoms with Crippen LogP contribution in [0.5, 0.6) is 0 Å². The standard InChI is InChI=1S/C28H34N2O5/c1-18(2)30(16-27(32)33)26(31)14-19-11-12-20(13-19)15-29-28(34)35-17-25-23-9-5-3-7-21(23)22-8-4-6-10-24(22)25/h3-10,18-20,25H,11-17H2,1-2H3,(H,29,34)(H,32,33). The van der Waals surface area contributed by atoms with Gasteiger partial charge < -0.3 is 20.1 Å². The number of amides is 2. The summed E-state index contributed by atoms with van der Waals surface area (Å²) in [6, 6.07) is 16.3. The Kier molecular flexibility index (Phi) is 7.73. The minimum absolute atomic E-state index is 0.0322. The first-order chi connectivity index (χ1) is 16.8. The molecule has 1 fully saturated rings. The largest absolute Gasteiger partial charge is 0.480 e. The number of aliphatic carboxylic acids is 1. The van der Waals surface area contributed by atoms with E-state index in [1.54, 1.807) is 0 Å². The Morgan fingerprint density at radius 1 is 1.00 bits per heavy atom. The van der Waals surface area contributed by atoms with Crippen LogP contribution in [0.2, 0.25) is 0 Å². The summed E-state index contributed by atoms with van der Waals surface area (Å²) in [5.41, 5.74) is 4.76. The maximum atomic E-state index is 12.6. The molecule has 0 bridgehead atoms. The smallest absolute Gasteiger partial charge is 0.407 e. The van der Waals surface area contributed by atoms with Gasteiger partial charge in [0.1, 0.15) is 13.2 Å². The summed E-state index contributed by atoms with van der Waals surface area (Å²) < 4.78 is 5.62. The van der Waals surface area contributed by atoms with Gasteiger partial charge in [-0.3, -0.25) is 9.59 Å². The Morgan fingerprint density at radius 3 is 2.20 bits per heavy atom. The molecule has 7 heteroatoms. The van der Waals surface area contributed by atoms with Gasteiger partial charge in [0.05, 0.1) is 0 Å². The minimum atomic E-state index is -0.997. The highest BCUT2D eigenvalue weighted by atomic mass is 16.5. The molecule has 2 unspecified atom stereocenters.